The zero-order chi connectivity index (χ0) is 23.7. The second kappa shape index (κ2) is 9.14. The lowest BCUT2D eigenvalue weighted by molar-refractivity contribution is 0.204. The highest BCUT2D eigenvalue weighted by Gasteiger charge is 2.22. The molecule has 0 bridgehead atoms. The number of ether oxygens (including phenoxy) is 1. The van der Waals surface area contributed by atoms with Gasteiger partial charge in [0.2, 0.25) is 5.89 Å². The monoisotopic (exact) mass is 450 g/mol. The molecule has 0 saturated heterocycles. The minimum absolute atomic E-state index is 0.440. The van der Waals surface area contributed by atoms with Gasteiger partial charge in [0.1, 0.15) is 11.6 Å². The van der Waals surface area contributed by atoms with Gasteiger partial charge in [-0.3, -0.25) is 0 Å². The Kier molecular flexibility index (Phi) is 6.28. The van der Waals surface area contributed by atoms with E-state index < -0.39 is 0 Å². The molecule has 174 valence electrons. The van der Waals surface area contributed by atoms with Crippen LogP contribution in [0, 0.1) is 27.7 Å². The van der Waals surface area contributed by atoms with Crippen LogP contribution in [0.2, 0.25) is 0 Å². The van der Waals surface area contributed by atoms with E-state index in [0.717, 1.165) is 45.4 Å². The molecule has 10 heteroatoms. The van der Waals surface area contributed by atoms with Crippen LogP contribution in [0.3, 0.4) is 0 Å². The maximum absolute atomic E-state index is 5.38. The van der Waals surface area contributed by atoms with Gasteiger partial charge in [-0.25, -0.2) is 9.97 Å². The third-order valence-electron chi connectivity index (χ3n) is 5.48. The SMILES string of the molecule is COCCN(Cc1nc(C)no1)c1cc(C)nc2c(-c3cnc(N(C)C)cc3C)c(C)nn12. The first-order valence-corrected chi connectivity index (χ1v) is 10.8. The van der Waals surface area contributed by atoms with Crippen molar-refractivity contribution in [3.8, 4) is 11.1 Å². The summed E-state index contributed by atoms with van der Waals surface area (Å²) in [5.74, 6) is 2.94. The molecular formula is C23H30N8O2. The summed E-state index contributed by atoms with van der Waals surface area (Å²) in [5, 5.41) is 8.79. The number of nitrogens with zero attached hydrogens (tertiary/aromatic N) is 8. The highest BCUT2D eigenvalue weighted by atomic mass is 16.5. The lowest BCUT2D eigenvalue weighted by atomic mass is 10.0. The van der Waals surface area contributed by atoms with Crippen LogP contribution in [0.1, 0.15) is 28.7 Å². The molecule has 0 spiro atoms. The van der Waals surface area contributed by atoms with Gasteiger partial charge >= 0.3 is 0 Å². The maximum atomic E-state index is 5.38. The van der Waals surface area contributed by atoms with E-state index in [2.05, 4.69) is 33.0 Å². The molecule has 4 rings (SSSR count). The summed E-state index contributed by atoms with van der Waals surface area (Å²) in [4.78, 5) is 18.0. The number of pyridine rings is 1. The highest BCUT2D eigenvalue weighted by Crippen LogP contribution is 2.33. The Morgan fingerprint density at radius 3 is 2.52 bits per heavy atom. The third-order valence-corrected chi connectivity index (χ3v) is 5.48. The molecule has 0 N–H and O–H groups in total. The van der Waals surface area contributed by atoms with Crippen molar-refractivity contribution in [3.05, 3.63) is 47.0 Å². The molecule has 4 heterocycles. The van der Waals surface area contributed by atoms with E-state index in [1.54, 1.807) is 7.11 Å². The molecule has 0 fully saturated rings. The van der Waals surface area contributed by atoms with Crippen molar-refractivity contribution in [1.29, 1.82) is 0 Å². The quantitative estimate of drug-likeness (QED) is 0.401. The number of methoxy groups -OCH3 is 1. The highest BCUT2D eigenvalue weighted by molar-refractivity contribution is 5.83. The van der Waals surface area contributed by atoms with Gasteiger partial charge in [0.15, 0.2) is 11.5 Å². The fraction of sp³-hybridized carbons (Fsp3) is 0.435. The second-order valence-corrected chi connectivity index (χ2v) is 8.35. The summed E-state index contributed by atoms with van der Waals surface area (Å²) in [5.41, 5.74) is 5.68. The van der Waals surface area contributed by atoms with Crippen molar-refractivity contribution in [2.24, 2.45) is 0 Å². The number of aromatic nitrogens is 6. The van der Waals surface area contributed by atoms with Gasteiger partial charge in [-0.2, -0.15) is 14.6 Å². The van der Waals surface area contributed by atoms with E-state index in [1.807, 2.05) is 56.5 Å². The van der Waals surface area contributed by atoms with Crippen LogP contribution in [-0.2, 0) is 11.3 Å². The van der Waals surface area contributed by atoms with Crippen molar-refractivity contribution < 1.29 is 9.26 Å². The van der Waals surface area contributed by atoms with E-state index in [1.165, 1.54) is 0 Å². The van der Waals surface area contributed by atoms with Crippen LogP contribution in [0.15, 0.2) is 22.9 Å². The fourth-order valence-electron chi connectivity index (χ4n) is 3.86. The van der Waals surface area contributed by atoms with Crippen molar-refractivity contribution in [2.75, 3.05) is 44.2 Å². The smallest absolute Gasteiger partial charge is 0.246 e. The van der Waals surface area contributed by atoms with Crippen LogP contribution in [-0.4, -0.2) is 64.1 Å². The van der Waals surface area contributed by atoms with E-state index in [-0.39, 0.29) is 0 Å². The Labute approximate surface area is 193 Å². The van der Waals surface area contributed by atoms with Gasteiger partial charge in [0, 0.05) is 51.3 Å². The van der Waals surface area contributed by atoms with Gasteiger partial charge in [-0.1, -0.05) is 5.16 Å². The summed E-state index contributed by atoms with van der Waals surface area (Å²) in [6.45, 7) is 9.50. The fourth-order valence-corrected chi connectivity index (χ4v) is 3.86. The molecule has 0 saturated carbocycles. The van der Waals surface area contributed by atoms with Gasteiger partial charge in [-0.05, 0) is 39.3 Å². The summed E-state index contributed by atoms with van der Waals surface area (Å²) in [7, 11) is 5.66. The Bertz CT molecular complexity index is 1280. The molecule has 0 aliphatic rings. The molecule has 0 amide bonds. The standard InChI is InChI=1S/C23H30N8O2/c1-14-10-19(29(5)6)24-12-18(14)22-16(3)27-31-21(11-15(2)25-23(22)31)30(8-9-32-7)13-20-26-17(4)28-33-20/h10-12H,8-9,13H2,1-7H3. The first kappa shape index (κ1) is 22.7. The Morgan fingerprint density at radius 2 is 1.88 bits per heavy atom. The number of aryl methyl sites for hydroxylation is 4. The number of anilines is 2. The van der Waals surface area contributed by atoms with Crippen LogP contribution >= 0.6 is 0 Å². The van der Waals surface area contributed by atoms with Gasteiger partial charge in [0.05, 0.1) is 24.4 Å². The maximum Gasteiger partial charge on any atom is 0.246 e. The summed E-state index contributed by atoms with van der Waals surface area (Å²) in [6.07, 6.45) is 1.91. The lowest BCUT2D eigenvalue weighted by Gasteiger charge is -2.23. The predicted molar refractivity (Wildman–Crippen MR) is 127 cm³/mol. The number of hydrogen-bond acceptors (Lipinski definition) is 9. The molecule has 0 radical (unpaired) electrons. The Morgan fingerprint density at radius 1 is 1.09 bits per heavy atom. The van der Waals surface area contributed by atoms with Crippen LogP contribution in [0.4, 0.5) is 11.6 Å². The van der Waals surface area contributed by atoms with Crippen LogP contribution < -0.4 is 9.80 Å². The molecule has 0 unspecified atom stereocenters. The number of rotatable bonds is 8. The molecule has 0 aromatic carbocycles. The van der Waals surface area contributed by atoms with Gasteiger partial charge < -0.3 is 19.1 Å². The Hall–Kier alpha value is -3.53. The first-order chi connectivity index (χ1) is 15.8. The van der Waals surface area contributed by atoms with Crippen molar-refractivity contribution in [1.82, 2.24) is 29.7 Å². The Balaban J connectivity index is 1.85. The number of hydrogen-bond donors (Lipinski definition) is 0. The van der Waals surface area contributed by atoms with Crippen LogP contribution in [0.5, 0.6) is 0 Å². The molecular weight excluding hydrogens is 420 g/mol. The normalized spacial score (nSPS) is 11.4. The van der Waals surface area contributed by atoms with Gasteiger partial charge in [0.25, 0.3) is 0 Å². The zero-order valence-corrected chi connectivity index (χ0v) is 20.2. The van der Waals surface area contributed by atoms with Gasteiger partial charge in [-0.15, -0.1) is 0 Å². The summed E-state index contributed by atoms with van der Waals surface area (Å²) >= 11 is 0. The molecule has 4 aromatic heterocycles. The largest absolute Gasteiger partial charge is 0.383 e. The molecule has 10 nitrogen and oxygen atoms in total. The van der Waals surface area contributed by atoms with Crippen molar-refractivity contribution >= 4 is 17.3 Å². The zero-order valence-electron chi connectivity index (χ0n) is 20.2. The molecule has 0 atom stereocenters. The van der Waals surface area contributed by atoms with E-state index in [9.17, 15) is 0 Å². The lowest BCUT2D eigenvalue weighted by Crippen LogP contribution is -2.29. The molecule has 33 heavy (non-hydrogen) atoms. The van der Waals surface area contributed by atoms with Crippen LogP contribution in [0.25, 0.3) is 16.8 Å². The predicted octanol–water partition coefficient (Wildman–Crippen LogP) is 3.13. The molecule has 4 aromatic rings. The number of fused-ring (bicyclic) bond motifs is 1. The van der Waals surface area contributed by atoms with Crippen molar-refractivity contribution in [3.63, 3.8) is 0 Å². The molecule has 0 aliphatic carbocycles. The summed E-state index contributed by atoms with van der Waals surface area (Å²) in [6, 6.07) is 4.10. The molecule has 0 aliphatic heterocycles. The average Bonchev–Trinajstić information content (AvgIpc) is 3.32. The second-order valence-electron chi connectivity index (χ2n) is 8.35. The van der Waals surface area contributed by atoms with Crippen molar-refractivity contribution in [2.45, 2.75) is 34.2 Å². The minimum Gasteiger partial charge on any atom is -0.383 e. The topological polar surface area (TPSA) is 97.7 Å². The third kappa shape index (κ3) is 4.51. The average molecular weight is 451 g/mol. The van der Waals surface area contributed by atoms with E-state index in [4.69, 9.17) is 19.3 Å². The van der Waals surface area contributed by atoms with E-state index >= 15 is 0 Å². The summed E-state index contributed by atoms with van der Waals surface area (Å²) < 4.78 is 12.6. The first-order valence-electron chi connectivity index (χ1n) is 10.8. The minimum atomic E-state index is 0.440. The van der Waals surface area contributed by atoms with E-state index in [0.29, 0.717) is 31.4 Å².